The third-order valence-corrected chi connectivity index (χ3v) is 4.68. The molecule has 29 heavy (non-hydrogen) atoms. The lowest BCUT2D eigenvalue weighted by atomic mass is 10.2. The highest BCUT2D eigenvalue weighted by Crippen LogP contribution is 2.32. The van der Waals surface area contributed by atoms with Crippen molar-refractivity contribution in [1.82, 2.24) is 10.6 Å². The van der Waals surface area contributed by atoms with Crippen LogP contribution in [0, 0.1) is 0 Å². The Labute approximate surface area is 181 Å². The predicted molar refractivity (Wildman–Crippen MR) is 118 cm³/mol. The van der Waals surface area contributed by atoms with Gasteiger partial charge in [-0.05, 0) is 48.5 Å². The molecule has 0 aliphatic rings. The molecule has 0 bridgehead atoms. The van der Waals surface area contributed by atoms with Crippen LogP contribution in [0.15, 0.2) is 36.4 Å². The molecule has 0 unspecified atom stereocenters. The standard InChI is InChI=1S/C21H25ClN2O4S/c1-4-5-9-28-16-8-6-7-14(10-16)20(25)24-21(29)23-13-15-11-18(26-2)19(27-3)12-17(15)22/h6-8,10-12H,4-5,9,13H2,1-3H3,(H2,23,24,25,29). The van der Waals surface area contributed by atoms with E-state index in [0.29, 0.717) is 41.0 Å². The average molecular weight is 437 g/mol. The molecule has 0 aliphatic heterocycles. The van der Waals surface area contributed by atoms with E-state index >= 15 is 0 Å². The number of thiocarbonyl (C=S) groups is 1. The van der Waals surface area contributed by atoms with E-state index in [1.165, 1.54) is 0 Å². The summed E-state index contributed by atoms with van der Waals surface area (Å²) in [5.41, 5.74) is 1.22. The zero-order chi connectivity index (χ0) is 21.2. The minimum absolute atomic E-state index is 0.193. The Bertz CT molecular complexity index is 861. The molecule has 0 atom stereocenters. The Balaban J connectivity index is 1.94. The second-order valence-electron chi connectivity index (χ2n) is 6.17. The van der Waals surface area contributed by atoms with E-state index in [2.05, 4.69) is 17.6 Å². The summed E-state index contributed by atoms with van der Waals surface area (Å²) in [5.74, 6) is 1.44. The first-order chi connectivity index (χ1) is 14.0. The van der Waals surface area contributed by atoms with Gasteiger partial charge in [-0.15, -0.1) is 0 Å². The molecule has 0 aliphatic carbocycles. The van der Waals surface area contributed by atoms with Gasteiger partial charge in [0.2, 0.25) is 0 Å². The summed E-state index contributed by atoms with van der Waals surface area (Å²) in [4.78, 5) is 12.4. The minimum Gasteiger partial charge on any atom is -0.494 e. The Kier molecular flexibility index (Phi) is 9.02. The lowest BCUT2D eigenvalue weighted by molar-refractivity contribution is 0.0976. The maximum Gasteiger partial charge on any atom is 0.257 e. The van der Waals surface area contributed by atoms with Crippen molar-refractivity contribution in [3.8, 4) is 17.2 Å². The molecule has 0 spiro atoms. The maximum absolute atomic E-state index is 12.4. The van der Waals surface area contributed by atoms with Gasteiger partial charge >= 0.3 is 0 Å². The highest BCUT2D eigenvalue weighted by molar-refractivity contribution is 7.80. The zero-order valence-electron chi connectivity index (χ0n) is 16.7. The number of carbonyl (C=O) groups is 1. The van der Waals surface area contributed by atoms with E-state index in [-0.39, 0.29) is 11.0 Å². The van der Waals surface area contributed by atoms with Gasteiger partial charge in [0.1, 0.15) is 5.75 Å². The summed E-state index contributed by atoms with van der Waals surface area (Å²) in [5, 5.41) is 6.33. The SMILES string of the molecule is CCCCOc1cccc(C(=O)NC(=S)NCc2cc(OC)c(OC)cc2Cl)c1. The number of benzene rings is 2. The van der Waals surface area contributed by atoms with E-state index < -0.39 is 0 Å². The zero-order valence-corrected chi connectivity index (χ0v) is 18.3. The molecule has 156 valence electrons. The van der Waals surface area contributed by atoms with E-state index in [4.69, 9.17) is 38.0 Å². The van der Waals surface area contributed by atoms with Crippen LogP contribution < -0.4 is 24.8 Å². The van der Waals surface area contributed by atoms with Gasteiger partial charge in [0.25, 0.3) is 5.91 Å². The highest BCUT2D eigenvalue weighted by Gasteiger charge is 2.12. The van der Waals surface area contributed by atoms with Crippen molar-refractivity contribution in [3.63, 3.8) is 0 Å². The first-order valence-corrected chi connectivity index (χ1v) is 9.99. The lowest BCUT2D eigenvalue weighted by Crippen LogP contribution is -2.38. The summed E-state index contributed by atoms with van der Waals surface area (Å²) < 4.78 is 16.1. The summed E-state index contributed by atoms with van der Waals surface area (Å²) in [6.45, 7) is 3.03. The van der Waals surface area contributed by atoms with E-state index in [1.54, 1.807) is 44.6 Å². The molecule has 2 aromatic rings. The Morgan fingerprint density at radius 1 is 1.14 bits per heavy atom. The van der Waals surface area contributed by atoms with Gasteiger partial charge in [0, 0.05) is 23.2 Å². The van der Waals surface area contributed by atoms with Crippen molar-refractivity contribution in [1.29, 1.82) is 0 Å². The van der Waals surface area contributed by atoms with Crippen molar-refractivity contribution in [3.05, 3.63) is 52.5 Å². The van der Waals surface area contributed by atoms with Gasteiger partial charge in [-0.2, -0.15) is 0 Å². The van der Waals surface area contributed by atoms with Gasteiger partial charge in [0.15, 0.2) is 16.6 Å². The molecular formula is C21H25ClN2O4S. The van der Waals surface area contributed by atoms with Crippen molar-refractivity contribution >= 4 is 34.8 Å². The van der Waals surface area contributed by atoms with Gasteiger partial charge in [0.05, 0.1) is 20.8 Å². The fraction of sp³-hybridized carbons (Fsp3) is 0.333. The van der Waals surface area contributed by atoms with Crippen LogP contribution in [0.5, 0.6) is 17.2 Å². The molecule has 0 fully saturated rings. The number of methoxy groups -OCH3 is 2. The summed E-state index contributed by atoms with van der Waals surface area (Å²) >= 11 is 11.5. The van der Waals surface area contributed by atoms with E-state index in [1.807, 2.05) is 6.07 Å². The summed E-state index contributed by atoms with van der Waals surface area (Å²) in [6.07, 6.45) is 2.01. The third-order valence-electron chi connectivity index (χ3n) is 4.08. The number of hydrogen-bond acceptors (Lipinski definition) is 5. The van der Waals surface area contributed by atoms with Crippen LogP contribution >= 0.6 is 23.8 Å². The smallest absolute Gasteiger partial charge is 0.257 e. The lowest BCUT2D eigenvalue weighted by Gasteiger charge is -2.14. The molecule has 2 rings (SSSR count). The van der Waals surface area contributed by atoms with Gasteiger partial charge in [-0.1, -0.05) is 31.0 Å². The molecule has 0 aromatic heterocycles. The second kappa shape index (κ2) is 11.5. The highest BCUT2D eigenvalue weighted by atomic mass is 35.5. The molecule has 0 saturated carbocycles. The Hall–Kier alpha value is -2.51. The van der Waals surface area contributed by atoms with Crippen LogP contribution in [0.1, 0.15) is 35.7 Å². The number of rotatable bonds is 9. The number of amides is 1. The molecule has 1 amide bonds. The maximum atomic E-state index is 12.4. The quantitative estimate of drug-likeness (QED) is 0.450. The fourth-order valence-electron chi connectivity index (χ4n) is 2.49. The van der Waals surface area contributed by atoms with E-state index in [9.17, 15) is 4.79 Å². The number of unbranched alkanes of at least 4 members (excludes halogenated alkanes) is 1. The van der Waals surface area contributed by atoms with Gasteiger partial charge in [-0.25, -0.2) is 0 Å². The number of hydrogen-bond donors (Lipinski definition) is 2. The van der Waals surface area contributed by atoms with Gasteiger partial charge in [-0.3, -0.25) is 10.1 Å². The molecule has 0 heterocycles. The fourth-order valence-corrected chi connectivity index (χ4v) is 2.87. The molecule has 0 radical (unpaired) electrons. The summed E-state index contributed by atoms with van der Waals surface area (Å²) in [6, 6.07) is 10.4. The molecule has 8 heteroatoms. The Morgan fingerprint density at radius 2 is 1.86 bits per heavy atom. The first-order valence-electron chi connectivity index (χ1n) is 9.21. The third kappa shape index (κ3) is 6.80. The van der Waals surface area contributed by atoms with Crippen LogP contribution in [0.3, 0.4) is 0 Å². The Morgan fingerprint density at radius 3 is 2.55 bits per heavy atom. The number of nitrogens with one attached hydrogen (secondary N) is 2. The molecule has 6 nitrogen and oxygen atoms in total. The molecule has 0 saturated heterocycles. The van der Waals surface area contributed by atoms with Crippen molar-refractivity contribution in [2.75, 3.05) is 20.8 Å². The first kappa shape index (κ1) is 22.8. The predicted octanol–water partition coefficient (Wildman–Crippen LogP) is 4.34. The van der Waals surface area contributed by atoms with Gasteiger partial charge < -0.3 is 19.5 Å². The van der Waals surface area contributed by atoms with Crippen LogP contribution in [-0.4, -0.2) is 31.8 Å². The largest absolute Gasteiger partial charge is 0.494 e. The van der Waals surface area contributed by atoms with Crippen molar-refractivity contribution < 1.29 is 19.0 Å². The topological polar surface area (TPSA) is 68.8 Å². The summed E-state index contributed by atoms with van der Waals surface area (Å²) in [7, 11) is 3.09. The second-order valence-corrected chi connectivity index (χ2v) is 6.98. The van der Waals surface area contributed by atoms with Crippen LogP contribution in [0.25, 0.3) is 0 Å². The minimum atomic E-state index is -0.318. The van der Waals surface area contributed by atoms with E-state index in [0.717, 1.165) is 18.4 Å². The number of halogens is 1. The van der Waals surface area contributed by atoms with Crippen LogP contribution in [0.2, 0.25) is 5.02 Å². The number of ether oxygens (including phenoxy) is 3. The van der Waals surface area contributed by atoms with Crippen LogP contribution in [0.4, 0.5) is 0 Å². The average Bonchev–Trinajstić information content (AvgIpc) is 2.73. The van der Waals surface area contributed by atoms with Crippen molar-refractivity contribution in [2.24, 2.45) is 0 Å². The van der Waals surface area contributed by atoms with Crippen LogP contribution in [-0.2, 0) is 6.54 Å². The molecular weight excluding hydrogens is 412 g/mol. The molecule has 2 N–H and O–H groups in total. The monoisotopic (exact) mass is 436 g/mol. The molecule has 2 aromatic carbocycles. The van der Waals surface area contributed by atoms with Crippen molar-refractivity contribution in [2.45, 2.75) is 26.3 Å². The normalized spacial score (nSPS) is 10.2. The number of carbonyl (C=O) groups excluding carboxylic acids is 1.